The Labute approximate surface area is 71.3 Å². The maximum absolute atomic E-state index is 11.1. The summed E-state index contributed by atoms with van der Waals surface area (Å²) in [5.74, 6) is -0.504. The minimum atomic E-state index is -0.432. The monoisotopic (exact) mass is 171 g/mol. The highest BCUT2D eigenvalue weighted by Gasteiger charge is 2.27. The Hall–Kier alpha value is -1.06. The Balaban J connectivity index is 2.45. The lowest BCUT2D eigenvalue weighted by Gasteiger charge is -2.25. The maximum Gasteiger partial charge on any atom is 0.328 e. The van der Waals surface area contributed by atoms with Crippen LogP contribution in [0.25, 0.3) is 0 Å². The van der Waals surface area contributed by atoms with E-state index in [1.165, 1.54) is 6.92 Å². The van der Waals surface area contributed by atoms with E-state index < -0.39 is 6.04 Å². The predicted octanol–water partition coefficient (Wildman–Crippen LogP) is 0.217. The third kappa shape index (κ3) is 2.22. The van der Waals surface area contributed by atoms with Gasteiger partial charge in [-0.3, -0.25) is 4.79 Å². The average molecular weight is 171 g/mol. The van der Waals surface area contributed by atoms with Crippen molar-refractivity contribution in [3.8, 4) is 0 Å². The number of cyclic esters (lactones) is 1. The van der Waals surface area contributed by atoms with Gasteiger partial charge in [-0.05, 0) is 19.8 Å². The third-order valence-electron chi connectivity index (χ3n) is 1.84. The van der Waals surface area contributed by atoms with Crippen molar-refractivity contribution in [2.45, 2.75) is 38.8 Å². The fourth-order valence-corrected chi connectivity index (χ4v) is 1.24. The van der Waals surface area contributed by atoms with E-state index in [0.29, 0.717) is 6.42 Å². The van der Waals surface area contributed by atoms with Crippen LogP contribution in [0, 0.1) is 0 Å². The summed E-state index contributed by atoms with van der Waals surface area (Å²) in [6.07, 6.45) is 1.48. The van der Waals surface area contributed by atoms with Crippen LogP contribution in [0.4, 0.5) is 0 Å². The van der Waals surface area contributed by atoms with E-state index in [-0.39, 0.29) is 18.0 Å². The smallest absolute Gasteiger partial charge is 0.328 e. The van der Waals surface area contributed by atoms with Crippen LogP contribution in [-0.4, -0.2) is 24.0 Å². The number of rotatable bonds is 1. The van der Waals surface area contributed by atoms with E-state index in [4.69, 9.17) is 4.74 Å². The van der Waals surface area contributed by atoms with E-state index in [0.717, 1.165) is 6.42 Å². The first-order valence-electron chi connectivity index (χ1n) is 4.07. The third-order valence-corrected chi connectivity index (χ3v) is 1.84. The molecule has 1 amide bonds. The first kappa shape index (κ1) is 9.03. The first-order valence-corrected chi connectivity index (χ1v) is 4.07. The fraction of sp³-hybridized carbons (Fsp3) is 0.750. The van der Waals surface area contributed by atoms with Crippen molar-refractivity contribution < 1.29 is 14.3 Å². The standard InChI is InChI=1S/C8H13NO3/c1-5-3-4-7(8(11)12-5)9-6(2)10/h5,7H,3-4H2,1-2H3,(H,9,10). The number of nitrogens with one attached hydrogen (secondary N) is 1. The lowest BCUT2D eigenvalue weighted by Crippen LogP contribution is -2.45. The summed E-state index contributed by atoms with van der Waals surface area (Å²) in [4.78, 5) is 21.7. The number of esters is 1. The van der Waals surface area contributed by atoms with Crippen LogP contribution < -0.4 is 5.32 Å². The van der Waals surface area contributed by atoms with Crippen LogP contribution in [0.5, 0.6) is 0 Å². The summed E-state index contributed by atoms with van der Waals surface area (Å²) >= 11 is 0. The van der Waals surface area contributed by atoms with Gasteiger partial charge in [0.1, 0.15) is 6.04 Å². The minimum absolute atomic E-state index is 0.0116. The van der Waals surface area contributed by atoms with Crippen molar-refractivity contribution in [3.05, 3.63) is 0 Å². The number of carbonyl (C=O) groups excluding carboxylic acids is 2. The summed E-state index contributed by atoms with van der Waals surface area (Å²) in [6, 6.07) is -0.432. The average Bonchev–Trinajstić information content (AvgIpc) is 1.94. The van der Waals surface area contributed by atoms with Crippen LogP contribution in [0.1, 0.15) is 26.7 Å². The first-order chi connectivity index (χ1) is 5.59. The minimum Gasteiger partial charge on any atom is -0.461 e. The van der Waals surface area contributed by atoms with Gasteiger partial charge in [-0.2, -0.15) is 0 Å². The molecule has 0 aromatic rings. The normalized spacial score (nSPS) is 29.3. The molecule has 1 rings (SSSR count). The van der Waals surface area contributed by atoms with Crippen LogP contribution in [-0.2, 0) is 14.3 Å². The van der Waals surface area contributed by atoms with Crippen molar-refractivity contribution >= 4 is 11.9 Å². The topological polar surface area (TPSA) is 55.4 Å². The Kier molecular flexibility index (Phi) is 2.68. The van der Waals surface area contributed by atoms with Gasteiger partial charge < -0.3 is 10.1 Å². The number of carbonyl (C=O) groups is 2. The molecule has 1 saturated heterocycles. The van der Waals surface area contributed by atoms with Gasteiger partial charge in [0.05, 0.1) is 6.10 Å². The lowest BCUT2D eigenvalue weighted by atomic mass is 10.1. The van der Waals surface area contributed by atoms with Crippen molar-refractivity contribution in [1.82, 2.24) is 5.32 Å². The molecule has 4 heteroatoms. The number of amides is 1. The molecule has 12 heavy (non-hydrogen) atoms. The van der Waals surface area contributed by atoms with Crippen LogP contribution in [0.3, 0.4) is 0 Å². The highest BCUT2D eigenvalue weighted by atomic mass is 16.5. The van der Waals surface area contributed by atoms with Gasteiger partial charge in [0, 0.05) is 6.92 Å². The second kappa shape index (κ2) is 3.56. The van der Waals surface area contributed by atoms with E-state index in [9.17, 15) is 9.59 Å². The molecule has 2 atom stereocenters. The zero-order chi connectivity index (χ0) is 9.14. The molecule has 0 saturated carbocycles. The highest BCUT2D eigenvalue weighted by molar-refractivity contribution is 5.83. The van der Waals surface area contributed by atoms with Crippen LogP contribution in [0.15, 0.2) is 0 Å². The summed E-state index contributed by atoms with van der Waals surface area (Å²) < 4.78 is 4.95. The molecule has 1 aliphatic rings. The lowest BCUT2D eigenvalue weighted by molar-refractivity contribution is -0.157. The van der Waals surface area contributed by atoms with E-state index in [1.54, 1.807) is 0 Å². The number of hydrogen-bond acceptors (Lipinski definition) is 3. The summed E-state index contributed by atoms with van der Waals surface area (Å²) in [7, 11) is 0. The molecule has 0 aliphatic carbocycles. The molecular weight excluding hydrogens is 158 g/mol. The van der Waals surface area contributed by atoms with Crippen molar-refractivity contribution in [2.75, 3.05) is 0 Å². The second-order valence-electron chi connectivity index (χ2n) is 3.08. The number of ether oxygens (including phenoxy) is 1. The summed E-state index contributed by atoms with van der Waals surface area (Å²) in [5.41, 5.74) is 0. The maximum atomic E-state index is 11.1. The van der Waals surface area contributed by atoms with Gasteiger partial charge in [-0.25, -0.2) is 4.79 Å². The molecule has 0 aromatic carbocycles. The molecular formula is C8H13NO3. The molecule has 1 N–H and O–H groups in total. The molecule has 1 fully saturated rings. The van der Waals surface area contributed by atoms with Gasteiger partial charge in [0.15, 0.2) is 0 Å². The van der Waals surface area contributed by atoms with Crippen molar-refractivity contribution in [1.29, 1.82) is 0 Å². The SMILES string of the molecule is CC(=O)NC1CCC(C)OC1=O. The van der Waals surface area contributed by atoms with Gasteiger partial charge in [0.25, 0.3) is 0 Å². The van der Waals surface area contributed by atoms with Crippen molar-refractivity contribution in [3.63, 3.8) is 0 Å². The molecule has 0 radical (unpaired) electrons. The Bertz CT molecular complexity index is 202. The largest absolute Gasteiger partial charge is 0.461 e. The molecule has 0 aromatic heterocycles. The van der Waals surface area contributed by atoms with Crippen LogP contribution >= 0.6 is 0 Å². The summed E-state index contributed by atoms with van der Waals surface area (Å²) in [5, 5.41) is 2.54. The van der Waals surface area contributed by atoms with Gasteiger partial charge in [-0.15, -0.1) is 0 Å². The van der Waals surface area contributed by atoms with Crippen LogP contribution in [0.2, 0.25) is 0 Å². The Morgan fingerprint density at radius 3 is 2.75 bits per heavy atom. The second-order valence-corrected chi connectivity index (χ2v) is 3.08. The quantitative estimate of drug-likeness (QED) is 0.574. The summed E-state index contributed by atoms with van der Waals surface area (Å²) in [6.45, 7) is 3.24. The van der Waals surface area contributed by atoms with E-state index >= 15 is 0 Å². The zero-order valence-corrected chi connectivity index (χ0v) is 7.29. The van der Waals surface area contributed by atoms with E-state index in [1.807, 2.05) is 6.92 Å². The Morgan fingerprint density at radius 1 is 1.58 bits per heavy atom. The predicted molar refractivity (Wildman–Crippen MR) is 42.4 cm³/mol. The number of hydrogen-bond donors (Lipinski definition) is 1. The van der Waals surface area contributed by atoms with Gasteiger partial charge in [-0.1, -0.05) is 0 Å². The molecule has 0 bridgehead atoms. The molecule has 1 heterocycles. The van der Waals surface area contributed by atoms with Gasteiger partial charge >= 0.3 is 5.97 Å². The van der Waals surface area contributed by atoms with Gasteiger partial charge in [0.2, 0.25) is 5.91 Å². The molecule has 4 nitrogen and oxygen atoms in total. The molecule has 2 unspecified atom stereocenters. The van der Waals surface area contributed by atoms with Crippen molar-refractivity contribution in [2.24, 2.45) is 0 Å². The molecule has 0 spiro atoms. The Morgan fingerprint density at radius 2 is 2.25 bits per heavy atom. The molecule has 68 valence electrons. The fourth-order valence-electron chi connectivity index (χ4n) is 1.24. The highest BCUT2D eigenvalue weighted by Crippen LogP contribution is 2.13. The molecule has 1 aliphatic heterocycles. The zero-order valence-electron chi connectivity index (χ0n) is 7.29. The van der Waals surface area contributed by atoms with E-state index in [2.05, 4.69) is 5.32 Å².